The quantitative estimate of drug-likeness (QED) is 0.436. The van der Waals surface area contributed by atoms with Gasteiger partial charge in [0.15, 0.2) is 0 Å². The zero-order valence-electron chi connectivity index (χ0n) is 8.69. The predicted octanol–water partition coefficient (Wildman–Crippen LogP) is 2.69. The van der Waals surface area contributed by atoms with E-state index in [1.165, 1.54) is 30.7 Å². The molecule has 0 aliphatic rings. The van der Waals surface area contributed by atoms with E-state index in [0.29, 0.717) is 0 Å². The van der Waals surface area contributed by atoms with Gasteiger partial charge in [-0.05, 0) is 27.7 Å². The molecule has 0 aromatic rings. The molecule has 0 heterocycles. The molecule has 11 heavy (non-hydrogen) atoms. The Balaban J connectivity index is 0. The summed E-state index contributed by atoms with van der Waals surface area (Å²) in [6.07, 6.45) is 0. The summed E-state index contributed by atoms with van der Waals surface area (Å²) in [7, 11) is 0. The molecule has 1 nitrogen and oxygen atoms in total. The van der Waals surface area contributed by atoms with E-state index >= 15 is 0 Å². The van der Waals surface area contributed by atoms with Crippen LogP contribution < -0.4 is 0 Å². The minimum Gasteiger partial charge on any atom is -0.325 e. The van der Waals surface area contributed by atoms with Crippen molar-refractivity contribution in [1.29, 1.82) is 0 Å². The molecule has 0 amide bonds. The van der Waals surface area contributed by atoms with Crippen molar-refractivity contribution >= 4 is 0 Å². The lowest BCUT2D eigenvalue weighted by atomic mass is 10.3. The highest BCUT2D eigenvalue weighted by molar-refractivity contribution is 4.31. The SMILES string of the molecule is C=C.CC[N+](CC)(CC)CC. The lowest BCUT2D eigenvalue weighted by Gasteiger charge is -2.34. The molecule has 0 radical (unpaired) electrons. The van der Waals surface area contributed by atoms with Crippen LogP contribution in [0.25, 0.3) is 0 Å². The first-order chi connectivity index (χ1) is 5.24. The Hall–Kier alpha value is -0.300. The maximum Gasteiger partial charge on any atom is 0.0757 e. The molecule has 0 aliphatic heterocycles. The average molecular weight is 158 g/mol. The van der Waals surface area contributed by atoms with E-state index in [4.69, 9.17) is 0 Å². The third kappa shape index (κ3) is 4.20. The zero-order chi connectivity index (χ0) is 9.33. The summed E-state index contributed by atoms with van der Waals surface area (Å²) in [6.45, 7) is 20.2. The number of quaternary nitrogens is 1. The first kappa shape index (κ1) is 13.3. The predicted molar refractivity (Wildman–Crippen MR) is 53.7 cm³/mol. The summed E-state index contributed by atoms with van der Waals surface area (Å²) in [5.74, 6) is 0. The molecule has 1 heteroatoms. The van der Waals surface area contributed by atoms with Crippen LogP contribution in [-0.2, 0) is 0 Å². The smallest absolute Gasteiger partial charge is 0.0757 e. The Kier molecular flexibility index (Phi) is 9.44. The van der Waals surface area contributed by atoms with Crippen LogP contribution in [0.3, 0.4) is 0 Å². The molecule has 0 atom stereocenters. The van der Waals surface area contributed by atoms with Crippen LogP contribution in [0.2, 0.25) is 0 Å². The van der Waals surface area contributed by atoms with Crippen LogP contribution in [0.4, 0.5) is 0 Å². The molecule has 0 unspecified atom stereocenters. The molecule has 0 aromatic carbocycles. The van der Waals surface area contributed by atoms with Gasteiger partial charge in [-0.2, -0.15) is 0 Å². The Morgan fingerprint density at radius 3 is 0.909 bits per heavy atom. The van der Waals surface area contributed by atoms with Crippen LogP contribution in [0.5, 0.6) is 0 Å². The van der Waals surface area contributed by atoms with Gasteiger partial charge in [-0.3, -0.25) is 0 Å². The van der Waals surface area contributed by atoms with E-state index in [2.05, 4.69) is 40.9 Å². The van der Waals surface area contributed by atoms with E-state index in [0.717, 1.165) is 0 Å². The Bertz CT molecular complexity index is 57.4. The van der Waals surface area contributed by atoms with Crippen molar-refractivity contribution in [2.24, 2.45) is 0 Å². The molecular weight excluding hydrogens is 134 g/mol. The second-order valence-electron chi connectivity index (χ2n) is 2.61. The van der Waals surface area contributed by atoms with Crippen LogP contribution in [0.15, 0.2) is 13.2 Å². The molecule has 0 spiro atoms. The van der Waals surface area contributed by atoms with Gasteiger partial charge in [0.25, 0.3) is 0 Å². The van der Waals surface area contributed by atoms with Gasteiger partial charge < -0.3 is 4.48 Å². The van der Waals surface area contributed by atoms with Crippen molar-refractivity contribution in [1.82, 2.24) is 0 Å². The molecule has 0 aromatic heterocycles. The molecule has 0 saturated carbocycles. The molecule has 0 bridgehead atoms. The second kappa shape index (κ2) is 7.80. The summed E-state index contributed by atoms with van der Waals surface area (Å²) in [5.41, 5.74) is 0. The van der Waals surface area contributed by atoms with E-state index in [-0.39, 0.29) is 0 Å². The van der Waals surface area contributed by atoms with E-state index in [9.17, 15) is 0 Å². The number of hydrogen-bond acceptors (Lipinski definition) is 0. The highest BCUT2D eigenvalue weighted by Gasteiger charge is 2.16. The topological polar surface area (TPSA) is 0 Å². The number of nitrogens with zero attached hydrogens (tertiary/aromatic N) is 1. The monoisotopic (exact) mass is 158 g/mol. The standard InChI is InChI=1S/C8H20N.C2H4/c1-5-9(6-2,7-3)8-4;1-2/h5-8H2,1-4H3;1-2H2/q+1;. The fourth-order valence-electron chi connectivity index (χ4n) is 1.34. The van der Waals surface area contributed by atoms with Gasteiger partial charge in [-0.25, -0.2) is 0 Å². The van der Waals surface area contributed by atoms with Gasteiger partial charge in [0.1, 0.15) is 0 Å². The van der Waals surface area contributed by atoms with Crippen molar-refractivity contribution in [2.75, 3.05) is 26.2 Å². The number of rotatable bonds is 4. The van der Waals surface area contributed by atoms with Crippen molar-refractivity contribution in [3.8, 4) is 0 Å². The second-order valence-corrected chi connectivity index (χ2v) is 2.61. The van der Waals surface area contributed by atoms with Gasteiger partial charge in [0.2, 0.25) is 0 Å². The van der Waals surface area contributed by atoms with E-state index in [1.54, 1.807) is 0 Å². The van der Waals surface area contributed by atoms with Crippen molar-refractivity contribution in [3.63, 3.8) is 0 Å². The lowest BCUT2D eigenvalue weighted by molar-refractivity contribution is -0.921. The molecule has 0 aliphatic carbocycles. The summed E-state index contributed by atoms with van der Waals surface area (Å²) < 4.78 is 1.28. The highest BCUT2D eigenvalue weighted by Crippen LogP contribution is 2.03. The molecule has 0 N–H and O–H groups in total. The Morgan fingerprint density at radius 2 is 0.909 bits per heavy atom. The summed E-state index contributed by atoms with van der Waals surface area (Å²) in [5, 5.41) is 0. The molecule has 68 valence electrons. The first-order valence-corrected chi connectivity index (χ1v) is 4.59. The molecule has 0 saturated heterocycles. The Labute approximate surface area is 72.3 Å². The third-order valence-corrected chi connectivity index (χ3v) is 2.68. The minimum absolute atomic E-state index is 1.28. The summed E-state index contributed by atoms with van der Waals surface area (Å²) in [4.78, 5) is 0. The molecule has 0 fully saturated rings. The molecule has 0 rings (SSSR count). The van der Waals surface area contributed by atoms with Crippen LogP contribution >= 0.6 is 0 Å². The van der Waals surface area contributed by atoms with Crippen LogP contribution in [-0.4, -0.2) is 30.7 Å². The van der Waals surface area contributed by atoms with Crippen molar-refractivity contribution in [2.45, 2.75) is 27.7 Å². The largest absolute Gasteiger partial charge is 0.325 e. The number of hydrogen-bond donors (Lipinski definition) is 0. The zero-order valence-corrected chi connectivity index (χ0v) is 8.69. The lowest BCUT2D eigenvalue weighted by Crippen LogP contribution is -2.47. The van der Waals surface area contributed by atoms with Gasteiger partial charge in [-0.15, -0.1) is 13.2 Å². The fraction of sp³-hybridized carbons (Fsp3) is 0.800. The van der Waals surface area contributed by atoms with E-state index < -0.39 is 0 Å². The summed E-state index contributed by atoms with van der Waals surface area (Å²) >= 11 is 0. The van der Waals surface area contributed by atoms with Crippen molar-refractivity contribution in [3.05, 3.63) is 13.2 Å². The maximum atomic E-state index is 3.00. The normalized spacial score (nSPS) is 10.2. The first-order valence-electron chi connectivity index (χ1n) is 4.59. The highest BCUT2D eigenvalue weighted by atomic mass is 15.3. The Morgan fingerprint density at radius 1 is 0.727 bits per heavy atom. The molecular formula is C10H24N+. The van der Waals surface area contributed by atoms with Gasteiger partial charge >= 0.3 is 0 Å². The summed E-state index contributed by atoms with van der Waals surface area (Å²) in [6, 6.07) is 0. The van der Waals surface area contributed by atoms with Crippen LogP contribution in [0.1, 0.15) is 27.7 Å². The maximum absolute atomic E-state index is 3.00. The van der Waals surface area contributed by atoms with E-state index in [1.807, 2.05) is 0 Å². The minimum atomic E-state index is 1.28. The van der Waals surface area contributed by atoms with Gasteiger partial charge in [0.05, 0.1) is 26.2 Å². The van der Waals surface area contributed by atoms with Crippen molar-refractivity contribution < 1.29 is 4.48 Å². The average Bonchev–Trinajstić information content (AvgIpc) is 2.13. The third-order valence-electron chi connectivity index (χ3n) is 2.68. The van der Waals surface area contributed by atoms with Gasteiger partial charge in [0, 0.05) is 0 Å². The fourth-order valence-corrected chi connectivity index (χ4v) is 1.34. The van der Waals surface area contributed by atoms with Gasteiger partial charge in [-0.1, -0.05) is 0 Å². The van der Waals surface area contributed by atoms with Crippen LogP contribution in [0, 0.1) is 0 Å².